The maximum Gasteiger partial charge on any atom is 0.234 e. The molecule has 2 aliphatic heterocycles. The van der Waals surface area contributed by atoms with Crippen LogP contribution in [0, 0.1) is 29.6 Å². The minimum absolute atomic E-state index is 0.00161. The Kier molecular flexibility index (Phi) is 3.43. The second-order valence-electron chi connectivity index (χ2n) is 9.15. The van der Waals surface area contributed by atoms with Crippen LogP contribution in [0.15, 0.2) is 41.6 Å². The van der Waals surface area contributed by atoms with Gasteiger partial charge in [0.1, 0.15) is 6.10 Å². The van der Waals surface area contributed by atoms with Crippen molar-refractivity contribution >= 4 is 23.6 Å². The molecule has 0 unspecified atom stereocenters. The van der Waals surface area contributed by atoms with Gasteiger partial charge in [-0.2, -0.15) is 0 Å². The molecule has 2 heterocycles. The molecule has 27 heavy (non-hydrogen) atoms. The highest BCUT2D eigenvalue weighted by Gasteiger charge is 2.70. The van der Waals surface area contributed by atoms with E-state index in [1.54, 1.807) is 0 Å². The van der Waals surface area contributed by atoms with E-state index in [0.717, 1.165) is 17.7 Å². The topological polar surface area (TPSA) is 59.0 Å². The molecule has 2 bridgehead atoms. The highest BCUT2D eigenvalue weighted by atomic mass is 16.6. The van der Waals surface area contributed by atoms with E-state index in [9.17, 15) is 9.59 Å². The number of carbonyl (C=O) groups is 2. The van der Waals surface area contributed by atoms with Crippen molar-refractivity contribution in [3.8, 4) is 0 Å². The largest absolute Gasteiger partial charge is 0.391 e. The zero-order valence-electron chi connectivity index (χ0n) is 15.8. The fourth-order valence-electron chi connectivity index (χ4n) is 5.70. The van der Waals surface area contributed by atoms with Crippen LogP contribution in [0.4, 0.5) is 0 Å². The van der Waals surface area contributed by atoms with Crippen LogP contribution in [0.5, 0.6) is 0 Å². The molecular weight excluding hydrogens is 340 g/mol. The second-order valence-corrected chi connectivity index (χ2v) is 9.15. The molecule has 1 aromatic rings. The number of imide groups is 1. The van der Waals surface area contributed by atoms with Gasteiger partial charge < -0.3 is 4.84 Å². The van der Waals surface area contributed by atoms with Crippen molar-refractivity contribution < 1.29 is 14.4 Å². The van der Waals surface area contributed by atoms with E-state index in [-0.39, 0.29) is 47.5 Å². The molecule has 2 saturated carbocycles. The molecule has 6 atom stereocenters. The molecule has 140 valence electrons. The Labute approximate surface area is 159 Å². The smallest absolute Gasteiger partial charge is 0.234 e. The lowest BCUT2D eigenvalue weighted by Crippen LogP contribution is -2.46. The number of rotatable bonds is 2. The van der Waals surface area contributed by atoms with E-state index in [1.165, 1.54) is 4.90 Å². The normalized spacial score (nSPS) is 37.0. The molecule has 0 spiro atoms. The number of likely N-dealkylation sites (tertiary alicyclic amines) is 1. The van der Waals surface area contributed by atoms with Gasteiger partial charge in [-0.1, -0.05) is 41.6 Å². The summed E-state index contributed by atoms with van der Waals surface area (Å²) in [6.45, 7) is 5.79. The van der Waals surface area contributed by atoms with Crippen LogP contribution in [0.1, 0.15) is 32.8 Å². The third kappa shape index (κ3) is 2.27. The van der Waals surface area contributed by atoms with Crippen LogP contribution in [0.25, 0.3) is 6.08 Å². The maximum absolute atomic E-state index is 13.1. The van der Waals surface area contributed by atoms with Gasteiger partial charge in [0, 0.05) is 17.4 Å². The zero-order chi connectivity index (χ0) is 18.9. The van der Waals surface area contributed by atoms with Crippen LogP contribution in [-0.4, -0.2) is 34.1 Å². The van der Waals surface area contributed by atoms with Crippen LogP contribution < -0.4 is 0 Å². The molecule has 0 N–H and O–H groups in total. The second kappa shape index (κ2) is 5.54. The van der Waals surface area contributed by atoms with E-state index in [2.05, 4.69) is 5.16 Å². The number of hydrogen-bond acceptors (Lipinski definition) is 4. The minimum atomic E-state index is -0.474. The van der Waals surface area contributed by atoms with Crippen LogP contribution in [0.2, 0.25) is 0 Å². The Morgan fingerprint density at radius 2 is 1.67 bits per heavy atom. The average Bonchev–Trinajstić information content (AvgIpc) is 3.33. The van der Waals surface area contributed by atoms with Crippen molar-refractivity contribution in [2.24, 2.45) is 34.7 Å². The molecule has 5 rings (SSSR count). The van der Waals surface area contributed by atoms with E-state index < -0.39 is 5.54 Å². The summed E-state index contributed by atoms with van der Waals surface area (Å²) in [4.78, 5) is 33.4. The highest BCUT2D eigenvalue weighted by Crippen LogP contribution is 2.61. The summed E-state index contributed by atoms with van der Waals surface area (Å²) in [5.74, 6) is -0.0822. The summed E-state index contributed by atoms with van der Waals surface area (Å²) in [5.41, 5.74) is 1.54. The Morgan fingerprint density at radius 1 is 1.00 bits per heavy atom. The molecule has 5 heteroatoms. The molecule has 4 aliphatic rings. The van der Waals surface area contributed by atoms with E-state index in [1.807, 2.05) is 63.3 Å². The fourth-order valence-corrected chi connectivity index (χ4v) is 5.70. The lowest BCUT2D eigenvalue weighted by atomic mass is 9.72. The fraction of sp³-hybridized carbons (Fsp3) is 0.500. The number of allylic oxidation sites excluding steroid dienone is 1. The molecule has 2 aliphatic carbocycles. The van der Waals surface area contributed by atoms with Crippen LogP contribution in [-0.2, 0) is 14.4 Å². The number of oxime groups is 1. The van der Waals surface area contributed by atoms with E-state index in [4.69, 9.17) is 4.84 Å². The highest BCUT2D eigenvalue weighted by molar-refractivity contribution is 6.08. The Bertz CT molecular complexity index is 867. The Hall–Kier alpha value is -2.43. The minimum Gasteiger partial charge on any atom is -0.391 e. The molecule has 0 radical (unpaired) electrons. The number of nitrogens with zero attached hydrogens (tertiary/aromatic N) is 2. The molecule has 1 saturated heterocycles. The lowest BCUT2D eigenvalue weighted by Gasteiger charge is -2.31. The monoisotopic (exact) mass is 364 g/mol. The van der Waals surface area contributed by atoms with Crippen molar-refractivity contribution in [1.82, 2.24) is 4.90 Å². The Morgan fingerprint density at radius 3 is 2.33 bits per heavy atom. The summed E-state index contributed by atoms with van der Waals surface area (Å²) in [6.07, 6.45) is 4.87. The van der Waals surface area contributed by atoms with Crippen molar-refractivity contribution in [2.45, 2.75) is 38.8 Å². The molecule has 1 aromatic carbocycles. The van der Waals surface area contributed by atoms with Gasteiger partial charge in [0.15, 0.2) is 0 Å². The molecule has 3 fully saturated rings. The predicted molar refractivity (Wildman–Crippen MR) is 101 cm³/mol. The molecule has 5 nitrogen and oxygen atoms in total. The van der Waals surface area contributed by atoms with Gasteiger partial charge in [0.25, 0.3) is 0 Å². The standard InChI is InChI=1S/C22H24N2O3/c1-22(2,3)24-20(25)17-13-11-14(18(17)21(24)26)19-16(13)15(23-27-19)10-9-12-7-5-4-6-8-12/h4-10,13-14,16-19H,11H2,1-3H3/b10-9+/t13-,14-,16+,17+,18-,19+/m0/s1. The van der Waals surface area contributed by atoms with Gasteiger partial charge in [-0.25, -0.2) is 0 Å². The van der Waals surface area contributed by atoms with Crippen LogP contribution >= 0.6 is 0 Å². The molecular formula is C22H24N2O3. The van der Waals surface area contributed by atoms with Gasteiger partial charge in [-0.3, -0.25) is 14.5 Å². The van der Waals surface area contributed by atoms with Crippen LogP contribution in [0.3, 0.4) is 0 Å². The first-order valence-corrected chi connectivity index (χ1v) is 9.72. The summed E-state index contributed by atoms with van der Waals surface area (Å²) in [5, 5.41) is 4.31. The average molecular weight is 364 g/mol. The summed E-state index contributed by atoms with van der Waals surface area (Å²) in [7, 11) is 0. The van der Waals surface area contributed by atoms with Crippen molar-refractivity contribution in [3.05, 3.63) is 42.0 Å². The predicted octanol–water partition coefficient (Wildman–Crippen LogP) is 3.12. The quantitative estimate of drug-likeness (QED) is 0.758. The lowest BCUT2D eigenvalue weighted by molar-refractivity contribution is -0.146. The van der Waals surface area contributed by atoms with E-state index >= 15 is 0 Å². The zero-order valence-corrected chi connectivity index (χ0v) is 15.8. The van der Waals surface area contributed by atoms with Gasteiger partial charge in [-0.05, 0) is 44.7 Å². The van der Waals surface area contributed by atoms with Gasteiger partial charge in [-0.15, -0.1) is 0 Å². The van der Waals surface area contributed by atoms with Crippen molar-refractivity contribution in [2.75, 3.05) is 0 Å². The summed E-state index contributed by atoms with van der Waals surface area (Å²) >= 11 is 0. The van der Waals surface area contributed by atoms with Crippen molar-refractivity contribution in [1.29, 1.82) is 0 Å². The maximum atomic E-state index is 13.1. The van der Waals surface area contributed by atoms with Gasteiger partial charge >= 0.3 is 0 Å². The first-order valence-electron chi connectivity index (χ1n) is 9.72. The van der Waals surface area contributed by atoms with Crippen molar-refractivity contribution in [3.63, 3.8) is 0 Å². The third-order valence-corrected chi connectivity index (χ3v) is 6.64. The summed E-state index contributed by atoms with van der Waals surface area (Å²) < 4.78 is 0. The summed E-state index contributed by atoms with van der Waals surface area (Å²) in [6, 6.07) is 10.1. The molecule has 2 amide bonds. The number of hydrogen-bond donors (Lipinski definition) is 0. The number of benzene rings is 1. The SMILES string of the molecule is CC(C)(C)N1C(=O)[C@@H]2[C@H]3C[C@H]([C@H]4ON=C(/C=C/c5ccccc5)[C@@H]34)[C@@H]2C1=O. The number of amides is 2. The number of carbonyl (C=O) groups excluding carboxylic acids is 2. The molecule has 0 aromatic heterocycles. The first-order chi connectivity index (χ1) is 12.9. The third-order valence-electron chi connectivity index (χ3n) is 6.64. The Balaban J connectivity index is 1.43. The van der Waals surface area contributed by atoms with E-state index in [0.29, 0.717) is 0 Å². The van der Waals surface area contributed by atoms with Gasteiger partial charge in [0.2, 0.25) is 11.8 Å². The number of fused-ring (bicyclic) bond motifs is 8. The van der Waals surface area contributed by atoms with Gasteiger partial charge in [0.05, 0.1) is 17.5 Å². The first kappa shape index (κ1) is 16.7.